The first-order valence-electron chi connectivity index (χ1n) is 8.36. The number of esters is 1. The van der Waals surface area contributed by atoms with Crippen LogP contribution in [0.15, 0.2) is 36.4 Å². The Morgan fingerprint density at radius 3 is 2.43 bits per heavy atom. The molecule has 0 radical (unpaired) electrons. The van der Waals surface area contributed by atoms with Crippen molar-refractivity contribution >= 4 is 40.5 Å². The minimum absolute atomic E-state index is 0.312. The summed E-state index contributed by atoms with van der Waals surface area (Å²) in [4.78, 5) is 27.7. The maximum absolute atomic E-state index is 12.9. The van der Waals surface area contributed by atoms with E-state index in [4.69, 9.17) is 16.3 Å². The van der Waals surface area contributed by atoms with E-state index in [0.29, 0.717) is 41.1 Å². The molecular weight excluding hydrogens is 417 g/mol. The minimum atomic E-state index is -4.40. The molecule has 0 unspecified atom stereocenters. The van der Waals surface area contributed by atoms with E-state index in [1.807, 2.05) is 0 Å². The summed E-state index contributed by atoms with van der Waals surface area (Å²) in [7, 11) is 0. The Kier molecular flexibility index (Phi) is 6.14. The van der Waals surface area contributed by atoms with Gasteiger partial charge in [-0.3, -0.25) is 4.79 Å². The highest BCUT2D eigenvalue weighted by atomic mass is 35.5. The van der Waals surface area contributed by atoms with Crippen molar-refractivity contribution in [3.05, 3.63) is 51.2 Å². The molecule has 2 heterocycles. The average molecular weight is 433 g/mol. The van der Waals surface area contributed by atoms with Gasteiger partial charge in [0.2, 0.25) is 0 Å². The van der Waals surface area contributed by atoms with E-state index >= 15 is 0 Å². The number of piperazine rings is 1. The first kappa shape index (κ1) is 20.5. The molecule has 28 heavy (non-hydrogen) atoms. The van der Waals surface area contributed by atoms with Crippen LogP contribution in [0.3, 0.4) is 0 Å². The van der Waals surface area contributed by atoms with Gasteiger partial charge in [-0.1, -0.05) is 17.7 Å². The van der Waals surface area contributed by atoms with Gasteiger partial charge in [0.25, 0.3) is 5.91 Å². The molecule has 1 aromatic carbocycles. The van der Waals surface area contributed by atoms with Crippen LogP contribution in [-0.4, -0.2) is 49.6 Å². The van der Waals surface area contributed by atoms with Crippen LogP contribution in [0.5, 0.6) is 0 Å². The molecule has 0 saturated carbocycles. The molecule has 1 fully saturated rings. The van der Waals surface area contributed by atoms with Gasteiger partial charge in [0.15, 0.2) is 6.61 Å². The highest BCUT2D eigenvalue weighted by Crippen LogP contribution is 2.31. The van der Waals surface area contributed by atoms with E-state index < -0.39 is 24.3 Å². The molecule has 0 aliphatic carbocycles. The largest absolute Gasteiger partial charge is 0.451 e. The molecule has 2 aromatic rings. The second-order valence-electron chi connectivity index (χ2n) is 6.10. The van der Waals surface area contributed by atoms with Crippen LogP contribution < -0.4 is 4.90 Å². The number of hydrogen-bond donors (Lipinski definition) is 0. The van der Waals surface area contributed by atoms with Gasteiger partial charge in [-0.05, 0) is 30.3 Å². The first-order chi connectivity index (χ1) is 13.2. The lowest BCUT2D eigenvalue weighted by molar-refractivity contribution is -0.137. The number of amides is 1. The monoisotopic (exact) mass is 432 g/mol. The Balaban J connectivity index is 1.51. The van der Waals surface area contributed by atoms with Crippen molar-refractivity contribution in [2.45, 2.75) is 6.18 Å². The SMILES string of the molecule is O=C(OCC(=O)N1CCN(c2cccc(C(F)(F)F)c2)CC1)c1ccc(Cl)s1. The van der Waals surface area contributed by atoms with Crippen molar-refractivity contribution in [2.24, 2.45) is 0 Å². The van der Waals surface area contributed by atoms with Gasteiger partial charge >= 0.3 is 12.1 Å². The molecular formula is C18H16ClF3N2O3S. The summed E-state index contributed by atoms with van der Waals surface area (Å²) >= 11 is 6.82. The maximum Gasteiger partial charge on any atom is 0.416 e. The Hall–Kier alpha value is -2.26. The van der Waals surface area contributed by atoms with Crippen LogP contribution >= 0.6 is 22.9 Å². The third-order valence-electron chi connectivity index (χ3n) is 4.27. The molecule has 10 heteroatoms. The van der Waals surface area contributed by atoms with Crippen molar-refractivity contribution in [1.29, 1.82) is 0 Å². The van der Waals surface area contributed by atoms with Crippen molar-refractivity contribution < 1.29 is 27.5 Å². The van der Waals surface area contributed by atoms with Gasteiger partial charge in [0.1, 0.15) is 4.88 Å². The van der Waals surface area contributed by atoms with Gasteiger partial charge in [0.05, 0.1) is 9.90 Å². The highest BCUT2D eigenvalue weighted by Gasteiger charge is 2.31. The number of carbonyl (C=O) groups is 2. The third-order valence-corrected chi connectivity index (χ3v) is 5.48. The highest BCUT2D eigenvalue weighted by molar-refractivity contribution is 7.17. The van der Waals surface area contributed by atoms with E-state index in [0.717, 1.165) is 23.5 Å². The minimum Gasteiger partial charge on any atom is -0.451 e. The number of rotatable bonds is 4. The van der Waals surface area contributed by atoms with Crippen molar-refractivity contribution in [2.75, 3.05) is 37.7 Å². The lowest BCUT2D eigenvalue weighted by atomic mass is 10.1. The zero-order valence-corrected chi connectivity index (χ0v) is 16.1. The van der Waals surface area contributed by atoms with Crippen LogP contribution in [-0.2, 0) is 15.7 Å². The van der Waals surface area contributed by atoms with Crippen LogP contribution in [0, 0.1) is 0 Å². The number of hydrogen-bond acceptors (Lipinski definition) is 5. The van der Waals surface area contributed by atoms with Gasteiger partial charge < -0.3 is 14.5 Å². The van der Waals surface area contributed by atoms with E-state index in [1.165, 1.54) is 17.0 Å². The summed E-state index contributed by atoms with van der Waals surface area (Å²) in [5, 5.41) is 0. The van der Waals surface area contributed by atoms with Crippen LogP contribution in [0.2, 0.25) is 4.34 Å². The summed E-state index contributed by atoms with van der Waals surface area (Å²) in [6.45, 7) is 1.05. The number of carbonyl (C=O) groups excluding carboxylic acids is 2. The summed E-state index contributed by atoms with van der Waals surface area (Å²) in [5.41, 5.74) is -0.243. The Morgan fingerprint density at radius 2 is 1.82 bits per heavy atom. The summed E-state index contributed by atoms with van der Waals surface area (Å²) < 4.78 is 44.0. The molecule has 150 valence electrons. The van der Waals surface area contributed by atoms with Crippen LogP contribution in [0.25, 0.3) is 0 Å². The molecule has 1 aliphatic heterocycles. The molecule has 5 nitrogen and oxygen atoms in total. The summed E-state index contributed by atoms with van der Waals surface area (Å²) in [6, 6.07) is 8.20. The molecule has 0 N–H and O–H groups in total. The molecule has 0 atom stereocenters. The second-order valence-corrected chi connectivity index (χ2v) is 7.81. The summed E-state index contributed by atoms with van der Waals surface area (Å²) in [5.74, 6) is -0.965. The Morgan fingerprint density at radius 1 is 1.11 bits per heavy atom. The predicted octanol–water partition coefficient (Wildman–Crippen LogP) is 3.93. The quantitative estimate of drug-likeness (QED) is 0.687. The molecule has 1 amide bonds. The summed E-state index contributed by atoms with van der Waals surface area (Å²) in [6.07, 6.45) is -4.40. The van der Waals surface area contributed by atoms with Crippen molar-refractivity contribution in [3.63, 3.8) is 0 Å². The second kappa shape index (κ2) is 8.40. The normalized spacial score (nSPS) is 14.9. The number of halogens is 4. The van der Waals surface area contributed by atoms with Gasteiger partial charge in [0, 0.05) is 31.9 Å². The Bertz CT molecular complexity index is 864. The smallest absolute Gasteiger partial charge is 0.416 e. The van der Waals surface area contributed by atoms with Crippen molar-refractivity contribution in [1.82, 2.24) is 4.90 Å². The first-order valence-corrected chi connectivity index (χ1v) is 9.56. The number of benzene rings is 1. The van der Waals surface area contributed by atoms with E-state index in [2.05, 4.69) is 0 Å². The molecule has 0 spiro atoms. The van der Waals surface area contributed by atoms with Crippen LogP contribution in [0.4, 0.5) is 18.9 Å². The number of anilines is 1. The third kappa shape index (κ3) is 4.96. The van der Waals surface area contributed by atoms with Gasteiger partial charge in [-0.15, -0.1) is 11.3 Å². The van der Waals surface area contributed by atoms with E-state index in [9.17, 15) is 22.8 Å². The van der Waals surface area contributed by atoms with Crippen LogP contribution in [0.1, 0.15) is 15.2 Å². The molecule has 1 saturated heterocycles. The number of nitrogens with zero attached hydrogens (tertiary/aromatic N) is 2. The number of ether oxygens (including phenoxy) is 1. The maximum atomic E-state index is 12.9. The molecule has 1 aliphatic rings. The topological polar surface area (TPSA) is 49.9 Å². The molecule has 0 bridgehead atoms. The zero-order valence-electron chi connectivity index (χ0n) is 14.5. The lowest BCUT2D eigenvalue weighted by Gasteiger charge is -2.36. The fourth-order valence-corrected chi connectivity index (χ4v) is 3.74. The van der Waals surface area contributed by atoms with Gasteiger partial charge in [-0.2, -0.15) is 13.2 Å². The standard InChI is InChI=1S/C18H16ClF3N2O3S/c19-15-5-4-14(28-15)17(26)27-11-16(25)24-8-6-23(7-9-24)13-3-1-2-12(10-13)18(20,21)22/h1-5,10H,6-9,11H2. The average Bonchev–Trinajstić information content (AvgIpc) is 3.12. The van der Waals surface area contributed by atoms with E-state index in [1.54, 1.807) is 17.0 Å². The fraction of sp³-hybridized carbons (Fsp3) is 0.333. The number of thiophene rings is 1. The fourth-order valence-electron chi connectivity index (χ4n) is 2.81. The lowest BCUT2D eigenvalue weighted by Crippen LogP contribution is -2.50. The molecule has 3 rings (SSSR count). The predicted molar refractivity (Wildman–Crippen MR) is 99.8 cm³/mol. The number of alkyl halides is 3. The van der Waals surface area contributed by atoms with Crippen molar-refractivity contribution in [3.8, 4) is 0 Å². The van der Waals surface area contributed by atoms with Gasteiger partial charge in [-0.25, -0.2) is 4.79 Å². The zero-order chi connectivity index (χ0) is 20.3. The Labute approximate surface area is 168 Å². The molecule has 1 aromatic heterocycles. The van der Waals surface area contributed by atoms with E-state index in [-0.39, 0.29) is 5.91 Å².